The van der Waals surface area contributed by atoms with E-state index in [9.17, 15) is 22.8 Å². The number of esters is 1. The van der Waals surface area contributed by atoms with Gasteiger partial charge in [-0.15, -0.1) is 6.58 Å². The van der Waals surface area contributed by atoms with Gasteiger partial charge in [0.05, 0.1) is 15.4 Å². The van der Waals surface area contributed by atoms with Crippen LogP contribution in [0.1, 0.15) is 48.0 Å². The fourth-order valence-corrected chi connectivity index (χ4v) is 5.67. The van der Waals surface area contributed by atoms with Crippen LogP contribution in [0.15, 0.2) is 71.0 Å². The Balaban J connectivity index is 1.57. The van der Waals surface area contributed by atoms with Crippen LogP contribution < -0.4 is 0 Å². The van der Waals surface area contributed by atoms with Gasteiger partial charge >= 0.3 is 5.97 Å². The van der Waals surface area contributed by atoms with Gasteiger partial charge in [0.15, 0.2) is 12.4 Å². The summed E-state index contributed by atoms with van der Waals surface area (Å²) in [6.45, 7) is 7.43. The SMILES string of the molecule is C=CCn1c(C)cc(C(=O)COC(=O)c2ccc3c(c2)S(=O)(=O)c2ccccc2C3=O)c1C. The van der Waals surface area contributed by atoms with E-state index < -0.39 is 28.2 Å². The van der Waals surface area contributed by atoms with Gasteiger partial charge in [-0.1, -0.05) is 18.2 Å². The van der Waals surface area contributed by atoms with Crippen molar-refractivity contribution in [1.29, 1.82) is 0 Å². The van der Waals surface area contributed by atoms with Crippen LogP contribution in [0.2, 0.25) is 0 Å². The van der Waals surface area contributed by atoms with Crippen molar-refractivity contribution in [3.05, 3.63) is 94.8 Å². The monoisotopic (exact) mass is 463 g/mol. The third-order valence-electron chi connectivity index (χ3n) is 5.69. The molecule has 3 aromatic rings. The number of carbonyl (C=O) groups is 3. The second kappa shape index (κ2) is 8.29. The molecule has 0 spiro atoms. The molecule has 1 aromatic heterocycles. The number of aromatic nitrogens is 1. The van der Waals surface area contributed by atoms with Gasteiger partial charge in [-0.05, 0) is 50.2 Å². The molecule has 7 nitrogen and oxygen atoms in total. The summed E-state index contributed by atoms with van der Waals surface area (Å²) in [4.78, 5) is 37.6. The predicted molar refractivity (Wildman–Crippen MR) is 120 cm³/mol. The fourth-order valence-electron chi connectivity index (χ4n) is 4.00. The van der Waals surface area contributed by atoms with Crippen LogP contribution in [0, 0.1) is 13.8 Å². The molecule has 2 aromatic carbocycles. The molecule has 8 heteroatoms. The molecule has 0 atom stereocenters. The zero-order valence-electron chi connectivity index (χ0n) is 18.1. The van der Waals surface area contributed by atoms with Crippen molar-refractivity contribution in [3.8, 4) is 0 Å². The summed E-state index contributed by atoms with van der Waals surface area (Å²) in [5.41, 5.74) is 2.10. The molecule has 1 aliphatic rings. The van der Waals surface area contributed by atoms with Crippen molar-refractivity contribution in [2.45, 2.75) is 30.2 Å². The minimum absolute atomic E-state index is 0.00372. The Labute approximate surface area is 191 Å². The first-order chi connectivity index (χ1) is 15.7. The maximum absolute atomic E-state index is 13.0. The summed E-state index contributed by atoms with van der Waals surface area (Å²) in [5.74, 6) is -1.66. The number of fused-ring (bicyclic) bond motifs is 2. The number of hydrogen-bond donors (Lipinski definition) is 0. The van der Waals surface area contributed by atoms with Gasteiger partial charge in [0, 0.05) is 34.6 Å². The summed E-state index contributed by atoms with van der Waals surface area (Å²) < 4.78 is 33.1. The van der Waals surface area contributed by atoms with Gasteiger partial charge in [0.25, 0.3) is 0 Å². The van der Waals surface area contributed by atoms with Crippen LogP contribution in [-0.4, -0.2) is 37.1 Å². The highest BCUT2D eigenvalue weighted by Crippen LogP contribution is 2.34. The van der Waals surface area contributed by atoms with Crippen LogP contribution in [0.25, 0.3) is 0 Å². The average molecular weight is 464 g/mol. The summed E-state index contributed by atoms with van der Waals surface area (Å²) >= 11 is 0. The minimum Gasteiger partial charge on any atom is -0.454 e. The van der Waals surface area contributed by atoms with E-state index in [1.54, 1.807) is 25.1 Å². The molecule has 0 fully saturated rings. The Morgan fingerprint density at radius 3 is 2.45 bits per heavy atom. The number of Topliss-reactive ketones (excluding diaryl/α,β-unsaturated/α-hetero) is 1. The molecule has 0 unspecified atom stereocenters. The lowest BCUT2D eigenvalue weighted by molar-refractivity contribution is 0.0474. The summed E-state index contributed by atoms with van der Waals surface area (Å²) in [6, 6.07) is 11.4. The molecule has 0 radical (unpaired) electrons. The highest BCUT2D eigenvalue weighted by atomic mass is 32.2. The van der Waals surface area contributed by atoms with E-state index in [-0.39, 0.29) is 32.3 Å². The Bertz CT molecular complexity index is 1450. The van der Waals surface area contributed by atoms with E-state index in [1.165, 1.54) is 30.3 Å². The second-order valence-electron chi connectivity index (χ2n) is 7.72. The third-order valence-corrected chi connectivity index (χ3v) is 7.54. The average Bonchev–Trinajstić information content (AvgIpc) is 3.09. The topological polar surface area (TPSA) is 99.5 Å². The van der Waals surface area contributed by atoms with Crippen LogP contribution in [0.5, 0.6) is 0 Å². The number of hydrogen-bond acceptors (Lipinski definition) is 6. The number of aryl methyl sites for hydroxylation is 1. The zero-order chi connectivity index (χ0) is 23.9. The van der Waals surface area contributed by atoms with E-state index in [0.29, 0.717) is 12.1 Å². The first-order valence-electron chi connectivity index (χ1n) is 10.2. The van der Waals surface area contributed by atoms with Crippen LogP contribution in [0.3, 0.4) is 0 Å². The molecule has 4 rings (SSSR count). The molecule has 33 heavy (non-hydrogen) atoms. The number of allylic oxidation sites excluding steroid dienone is 1. The Kier molecular flexibility index (Phi) is 5.63. The smallest absolute Gasteiger partial charge is 0.338 e. The van der Waals surface area contributed by atoms with Gasteiger partial charge in [0.2, 0.25) is 15.6 Å². The van der Waals surface area contributed by atoms with Gasteiger partial charge < -0.3 is 9.30 Å². The van der Waals surface area contributed by atoms with E-state index >= 15 is 0 Å². The van der Waals surface area contributed by atoms with Crippen molar-refractivity contribution >= 4 is 27.4 Å². The number of sulfone groups is 1. The number of ketones is 2. The lowest BCUT2D eigenvalue weighted by Crippen LogP contribution is -2.21. The van der Waals surface area contributed by atoms with Crippen molar-refractivity contribution < 1.29 is 27.5 Å². The maximum Gasteiger partial charge on any atom is 0.338 e. The highest BCUT2D eigenvalue weighted by molar-refractivity contribution is 7.91. The third kappa shape index (κ3) is 3.72. The Morgan fingerprint density at radius 1 is 1.03 bits per heavy atom. The van der Waals surface area contributed by atoms with E-state index in [2.05, 4.69) is 6.58 Å². The minimum atomic E-state index is -3.98. The van der Waals surface area contributed by atoms with Gasteiger partial charge in [-0.3, -0.25) is 9.59 Å². The van der Waals surface area contributed by atoms with Gasteiger partial charge in [-0.2, -0.15) is 0 Å². The molecule has 2 heterocycles. The number of benzene rings is 2. The molecular formula is C25H21NO6S. The molecular weight excluding hydrogens is 442 g/mol. The lowest BCUT2D eigenvalue weighted by Gasteiger charge is -2.19. The standard InChI is InChI=1S/C25H21NO6S/c1-4-11-26-15(2)12-20(16(26)3)21(27)14-32-25(29)17-9-10-19-23(13-17)33(30,31)22-8-6-5-7-18(22)24(19)28/h4-10,12-13H,1,11,14H2,2-3H3. The van der Waals surface area contributed by atoms with E-state index in [1.807, 2.05) is 11.5 Å². The molecule has 168 valence electrons. The molecule has 0 aliphatic carbocycles. The van der Waals surface area contributed by atoms with E-state index in [4.69, 9.17) is 4.74 Å². The normalized spacial score (nSPS) is 13.7. The maximum atomic E-state index is 13.0. The number of rotatable bonds is 6. The molecule has 0 N–H and O–H groups in total. The quantitative estimate of drug-likeness (QED) is 0.246. The molecule has 0 saturated heterocycles. The van der Waals surface area contributed by atoms with Crippen molar-refractivity contribution in [2.24, 2.45) is 0 Å². The first kappa shape index (κ1) is 22.4. The molecule has 1 aliphatic heterocycles. The zero-order valence-corrected chi connectivity index (χ0v) is 18.9. The molecule has 0 amide bonds. The summed E-state index contributed by atoms with van der Waals surface area (Å²) in [5, 5.41) is 0. The van der Waals surface area contributed by atoms with Crippen molar-refractivity contribution in [3.63, 3.8) is 0 Å². The Hall–Kier alpha value is -3.78. The van der Waals surface area contributed by atoms with Crippen LogP contribution >= 0.6 is 0 Å². The lowest BCUT2D eigenvalue weighted by atomic mass is 10.0. The largest absolute Gasteiger partial charge is 0.454 e. The first-order valence-corrected chi connectivity index (χ1v) is 11.7. The van der Waals surface area contributed by atoms with Crippen LogP contribution in [0.4, 0.5) is 0 Å². The predicted octanol–water partition coefficient (Wildman–Crippen LogP) is 3.71. The van der Waals surface area contributed by atoms with Crippen molar-refractivity contribution in [1.82, 2.24) is 4.57 Å². The summed E-state index contributed by atoms with van der Waals surface area (Å²) in [6.07, 6.45) is 1.72. The van der Waals surface area contributed by atoms with Crippen LogP contribution in [-0.2, 0) is 21.1 Å². The second-order valence-corrected chi connectivity index (χ2v) is 9.61. The summed E-state index contributed by atoms with van der Waals surface area (Å²) in [7, 11) is -3.98. The molecule has 0 saturated carbocycles. The number of ether oxygens (including phenoxy) is 1. The number of nitrogens with zero attached hydrogens (tertiary/aromatic N) is 1. The number of carbonyl (C=O) groups excluding carboxylic acids is 3. The van der Waals surface area contributed by atoms with Gasteiger partial charge in [0.1, 0.15) is 0 Å². The van der Waals surface area contributed by atoms with Gasteiger partial charge in [-0.25, -0.2) is 13.2 Å². The fraction of sp³-hybridized carbons (Fsp3) is 0.160. The molecule has 0 bridgehead atoms. The van der Waals surface area contributed by atoms with E-state index in [0.717, 1.165) is 17.5 Å². The highest BCUT2D eigenvalue weighted by Gasteiger charge is 2.35. The van der Waals surface area contributed by atoms with Crippen molar-refractivity contribution in [2.75, 3.05) is 6.61 Å². The Morgan fingerprint density at radius 2 is 1.73 bits per heavy atom.